The molecule has 0 aliphatic heterocycles. The number of hydrogen-bond acceptors (Lipinski definition) is 5. The molecule has 2 amide bonds. The fourth-order valence-electron chi connectivity index (χ4n) is 1.74. The quantitative estimate of drug-likeness (QED) is 0.542. The minimum absolute atomic E-state index is 0.186. The van der Waals surface area contributed by atoms with Crippen LogP contribution in [0.4, 0.5) is 0 Å². The monoisotopic (exact) mass is 342 g/mol. The van der Waals surface area contributed by atoms with Gasteiger partial charge in [-0.2, -0.15) is 0 Å². The molecule has 23 heavy (non-hydrogen) atoms. The summed E-state index contributed by atoms with van der Waals surface area (Å²) < 4.78 is 22.0. The topological polar surface area (TPSA) is 108 Å². The van der Waals surface area contributed by atoms with Gasteiger partial charge in [-0.25, -0.2) is 0 Å². The standard InChI is InChI=1S/C15H22N2O5S/c1-21-8-9-22-11-14(18)17-13(15(16)19)7-10-23(20)12-5-3-2-4-6-12/h2-6,13H,7-11H2,1H3,(H2,16,19)(H,17,18)/t13-,23+/m1/s1. The Morgan fingerprint density at radius 3 is 2.57 bits per heavy atom. The lowest BCUT2D eigenvalue weighted by atomic mass is 10.2. The minimum Gasteiger partial charge on any atom is -0.382 e. The highest BCUT2D eigenvalue weighted by atomic mass is 32.2. The number of methoxy groups -OCH3 is 1. The normalized spacial score (nSPS) is 13.3. The van der Waals surface area contributed by atoms with E-state index >= 15 is 0 Å². The molecule has 1 rings (SSSR count). The van der Waals surface area contributed by atoms with Crippen molar-refractivity contribution in [2.75, 3.05) is 32.7 Å². The molecule has 1 aromatic carbocycles. The number of hydrogen-bond donors (Lipinski definition) is 2. The van der Waals surface area contributed by atoms with E-state index in [2.05, 4.69) is 5.32 Å². The summed E-state index contributed by atoms with van der Waals surface area (Å²) in [5, 5.41) is 2.49. The van der Waals surface area contributed by atoms with Crippen LogP contribution >= 0.6 is 0 Å². The van der Waals surface area contributed by atoms with Crippen LogP contribution in [0.15, 0.2) is 35.2 Å². The van der Waals surface area contributed by atoms with Gasteiger partial charge in [0.25, 0.3) is 0 Å². The van der Waals surface area contributed by atoms with Crippen LogP contribution in [0, 0.1) is 0 Å². The Labute approximate surface area is 138 Å². The number of nitrogens with one attached hydrogen (secondary N) is 1. The molecule has 0 aliphatic rings. The highest BCUT2D eigenvalue weighted by molar-refractivity contribution is 7.85. The van der Waals surface area contributed by atoms with Gasteiger partial charge in [-0.15, -0.1) is 0 Å². The number of amides is 2. The van der Waals surface area contributed by atoms with E-state index in [0.717, 1.165) is 0 Å². The molecule has 0 saturated carbocycles. The summed E-state index contributed by atoms with van der Waals surface area (Å²) in [6, 6.07) is 8.03. The van der Waals surface area contributed by atoms with E-state index in [4.69, 9.17) is 15.2 Å². The predicted molar refractivity (Wildman–Crippen MR) is 86.2 cm³/mol. The van der Waals surface area contributed by atoms with Crippen molar-refractivity contribution in [3.05, 3.63) is 30.3 Å². The minimum atomic E-state index is -1.25. The van der Waals surface area contributed by atoms with Crippen molar-refractivity contribution < 1.29 is 23.3 Å². The smallest absolute Gasteiger partial charge is 0.246 e. The third-order valence-corrected chi connectivity index (χ3v) is 4.35. The summed E-state index contributed by atoms with van der Waals surface area (Å²) in [4.78, 5) is 23.8. The molecule has 1 aromatic rings. The molecule has 0 heterocycles. The first-order valence-electron chi connectivity index (χ1n) is 7.13. The van der Waals surface area contributed by atoms with E-state index < -0.39 is 28.7 Å². The lowest BCUT2D eigenvalue weighted by Crippen LogP contribution is -2.46. The number of rotatable bonds is 11. The number of primary amides is 1. The molecule has 0 fully saturated rings. The molecule has 0 saturated heterocycles. The molecular weight excluding hydrogens is 320 g/mol. The van der Waals surface area contributed by atoms with Crippen LogP contribution in [0.1, 0.15) is 6.42 Å². The first kappa shape index (κ1) is 19.3. The lowest BCUT2D eigenvalue weighted by molar-refractivity contribution is -0.130. The third kappa shape index (κ3) is 7.87. The summed E-state index contributed by atoms with van der Waals surface area (Å²) in [7, 11) is 0.277. The van der Waals surface area contributed by atoms with Crippen molar-refractivity contribution >= 4 is 22.6 Å². The van der Waals surface area contributed by atoms with E-state index in [1.807, 2.05) is 6.07 Å². The SMILES string of the molecule is COCCOCC(=O)N[C@H](CC[S@](=O)c1ccccc1)C(N)=O. The van der Waals surface area contributed by atoms with Crippen molar-refractivity contribution in [3.63, 3.8) is 0 Å². The molecular formula is C15H22N2O5S. The van der Waals surface area contributed by atoms with Gasteiger partial charge in [-0.3, -0.25) is 13.8 Å². The molecule has 128 valence electrons. The zero-order valence-corrected chi connectivity index (χ0v) is 13.8. The first-order chi connectivity index (χ1) is 11.0. The first-order valence-corrected chi connectivity index (χ1v) is 8.45. The summed E-state index contributed by atoms with van der Waals surface area (Å²) in [5.74, 6) is -0.890. The Bertz CT molecular complexity index is 524. The Kier molecular flexibility index (Phi) is 9.11. The van der Waals surface area contributed by atoms with Gasteiger partial charge in [-0.1, -0.05) is 18.2 Å². The predicted octanol–water partition coefficient (Wildman–Crippen LogP) is -0.183. The summed E-state index contributed by atoms with van der Waals surface area (Å²) in [6.45, 7) is 0.473. The van der Waals surface area contributed by atoms with Crippen molar-refractivity contribution in [2.45, 2.75) is 17.4 Å². The summed E-state index contributed by atoms with van der Waals surface area (Å²) >= 11 is 0. The third-order valence-electron chi connectivity index (χ3n) is 2.94. The van der Waals surface area contributed by atoms with Crippen LogP contribution in [-0.4, -0.2) is 54.7 Å². The van der Waals surface area contributed by atoms with E-state index in [1.165, 1.54) is 7.11 Å². The zero-order chi connectivity index (χ0) is 17.1. The van der Waals surface area contributed by atoms with Gasteiger partial charge in [0.15, 0.2) is 0 Å². The maximum absolute atomic E-state index is 12.1. The number of benzene rings is 1. The van der Waals surface area contributed by atoms with Crippen LogP contribution < -0.4 is 11.1 Å². The molecule has 2 atom stereocenters. The van der Waals surface area contributed by atoms with E-state index in [1.54, 1.807) is 24.3 Å². The molecule has 0 spiro atoms. The van der Waals surface area contributed by atoms with Crippen molar-refractivity contribution in [3.8, 4) is 0 Å². The maximum atomic E-state index is 12.1. The average Bonchev–Trinajstić information content (AvgIpc) is 2.55. The van der Waals surface area contributed by atoms with Crippen molar-refractivity contribution in [1.29, 1.82) is 0 Å². The number of nitrogens with two attached hydrogens (primary N) is 1. The van der Waals surface area contributed by atoms with Crippen LogP contribution in [0.2, 0.25) is 0 Å². The second-order valence-electron chi connectivity index (χ2n) is 4.72. The molecule has 0 radical (unpaired) electrons. The van der Waals surface area contributed by atoms with E-state index in [-0.39, 0.29) is 25.4 Å². The van der Waals surface area contributed by atoms with Gasteiger partial charge in [0, 0.05) is 17.8 Å². The Hall–Kier alpha value is -1.77. The molecule has 0 aromatic heterocycles. The lowest BCUT2D eigenvalue weighted by Gasteiger charge is -2.15. The zero-order valence-electron chi connectivity index (χ0n) is 13.0. The molecule has 0 unspecified atom stereocenters. The maximum Gasteiger partial charge on any atom is 0.246 e. The Morgan fingerprint density at radius 1 is 1.26 bits per heavy atom. The van der Waals surface area contributed by atoms with Crippen molar-refractivity contribution in [2.24, 2.45) is 5.73 Å². The largest absolute Gasteiger partial charge is 0.382 e. The van der Waals surface area contributed by atoms with Crippen molar-refractivity contribution in [1.82, 2.24) is 5.32 Å². The Balaban J connectivity index is 2.41. The van der Waals surface area contributed by atoms with Crippen LogP contribution in [-0.2, 0) is 29.9 Å². The molecule has 3 N–H and O–H groups in total. The second kappa shape index (κ2) is 10.9. The fraction of sp³-hybridized carbons (Fsp3) is 0.467. The van der Waals surface area contributed by atoms with Gasteiger partial charge >= 0.3 is 0 Å². The number of carbonyl (C=O) groups is 2. The summed E-state index contributed by atoms with van der Waals surface area (Å²) in [5.41, 5.74) is 5.27. The van der Waals surface area contributed by atoms with Crippen LogP contribution in [0.3, 0.4) is 0 Å². The molecule has 0 bridgehead atoms. The Morgan fingerprint density at radius 2 is 1.96 bits per heavy atom. The molecule has 0 aliphatic carbocycles. The van der Waals surface area contributed by atoms with Crippen LogP contribution in [0.25, 0.3) is 0 Å². The molecule has 8 heteroatoms. The average molecular weight is 342 g/mol. The van der Waals surface area contributed by atoms with Crippen LogP contribution in [0.5, 0.6) is 0 Å². The van der Waals surface area contributed by atoms with Gasteiger partial charge in [0.2, 0.25) is 11.8 Å². The highest BCUT2D eigenvalue weighted by Gasteiger charge is 2.19. The number of carbonyl (C=O) groups excluding carboxylic acids is 2. The number of ether oxygens (including phenoxy) is 2. The van der Waals surface area contributed by atoms with E-state index in [9.17, 15) is 13.8 Å². The molecule has 7 nitrogen and oxygen atoms in total. The van der Waals surface area contributed by atoms with Gasteiger partial charge in [-0.05, 0) is 18.6 Å². The van der Waals surface area contributed by atoms with Gasteiger partial charge in [0.05, 0.1) is 24.0 Å². The second-order valence-corrected chi connectivity index (χ2v) is 6.29. The van der Waals surface area contributed by atoms with Gasteiger partial charge < -0.3 is 20.5 Å². The highest BCUT2D eigenvalue weighted by Crippen LogP contribution is 2.07. The van der Waals surface area contributed by atoms with E-state index in [0.29, 0.717) is 11.5 Å². The fourth-order valence-corrected chi connectivity index (χ4v) is 2.89. The summed E-state index contributed by atoms with van der Waals surface area (Å²) in [6.07, 6.45) is 0.195. The van der Waals surface area contributed by atoms with Gasteiger partial charge in [0.1, 0.15) is 12.6 Å².